The Kier molecular flexibility index (Phi) is 6.02. The molecule has 7 heteroatoms. The lowest BCUT2D eigenvalue weighted by Crippen LogP contribution is -2.58. The molecule has 3 saturated heterocycles. The van der Waals surface area contributed by atoms with Crippen molar-refractivity contribution in [2.45, 2.75) is 45.2 Å². The Morgan fingerprint density at radius 3 is 2.48 bits per heavy atom. The molecule has 124 valence electrons. The number of nitrogens with one attached hydrogen (secondary N) is 2. The molecule has 0 spiro atoms. The molecule has 1 atom stereocenters. The zero-order valence-corrected chi connectivity index (χ0v) is 14.3. The van der Waals surface area contributed by atoms with Crippen LogP contribution >= 0.6 is 0 Å². The van der Waals surface area contributed by atoms with Crippen LogP contribution in [0.5, 0.6) is 0 Å². The fourth-order valence-corrected chi connectivity index (χ4v) is 4.39. The van der Waals surface area contributed by atoms with Crippen LogP contribution in [0.15, 0.2) is 0 Å². The molecule has 3 aliphatic heterocycles. The summed E-state index contributed by atoms with van der Waals surface area (Å²) in [5.41, 5.74) is 0. The first-order valence-corrected chi connectivity index (χ1v) is 9.52. The number of fused-ring (bicyclic) bond motifs is 3. The van der Waals surface area contributed by atoms with Gasteiger partial charge in [-0.15, -0.1) is 0 Å². The second kappa shape index (κ2) is 7.37. The van der Waals surface area contributed by atoms with Gasteiger partial charge in [0.15, 0.2) is 0 Å². The van der Waals surface area contributed by atoms with Gasteiger partial charge in [0, 0.05) is 32.2 Å². The molecule has 3 rings (SSSR count). The molecule has 6 nitrogen and oxygen atoms in total. The summed E-state index contributed by atoms with van der Waals surface area (Å²) in [4.78, 5) is 2.36. The Morgan fingerprint density at radius 1 is 1.29 bits per heavy atom. The number of rotatable bonds is 8. The Morgan fingerprint density at radius 2 is 1.95 bits per heavy atom. The quantitative estimate of drug-likeness (QED) is 0.629. The molecule has 3 fully saturated rings. The van der Waals surface area contributed by atoms with Crippen molar-refractivity contribution in [3.8, 4) is 0 Å². The topological polar surface area (TPSA) is 64.7 Å². The second-order valence-corrected chi connectivity index (χ2v) is 8.46. The maximum absolute atomic E-state index is 12.4. The van der Waals surface area contributed by atoms with Gasteiger partial charge in [0.25, 0.3) is 10.2 Å². The van der Waals surface area contributed by atoms with Crippen LogP contribution in [0.4, 0.5) is 0 Å². The zero-order chi connectivity index (χ0) is 15.5. The van der Waals surface area contributed by atoms with Crippen LogP contribution in [-0.4, -0.2) is 69.5 Å². The van der Waals surface area contributed by atoms with E-state index in [2.05, 4.69) is 28.8 Å². The molecule has 0 aromatic carbocycles. The molecule has 1 unspecified atom stereocenters. The largest absolute Gasteiger partial charge is 0.314 e. The van der Waals surface area contributed by atoms with Gasteiger partial charge < -0.3 is 10.2 Å². The minimum absolute atomic E-state index is 0.0914. The van der Waals surface area contributed by atoms with Crippen LogP contribution in [-0.2, 0) is 10.2 Å². The van der Waals surface area contributed by atoms with E-state index < -0.39 is 10.2 Å². The van der Waals surface area contributed by atoms with Crippen molar-refractivity contribution in [1.29, 1.82) is 0 Å². The van der Waals surface area contributed by atoms with Gasteiger partial charge in [-0.1, -0.05) is 13.8 Å². The van der Waals surface area contributed by atoms with Gasteiger partial charge in [-0.05, 0) is 44.8 Å². The van der Waals surface area contributed by atoms with E-state index >= 15 is 0 Å². The number of nitrogens with zero attached hydrogens (tertiary/aromatic N) is 2. The molecule has 0 aromatic heterocycles. The van der Waals surface area contributed by atoms with Crippen LogP contribution in [0.1, 0.15) is 33.1 Å². The molecule has 2 N–H and O–H groups in total. The van der Waals surface area contributed by atoms with Gasteiger partial charge in [-0.25, -0.2) is 0 Å². The molecule has 21 heavy (non-hydrogen) atoms. The molecule has 3 aliphatic rings. The molecule has 0 saturated carbocycles. The molecule has 0 aromatic rings. The van der Waals surface area contributed by atoms with Crippen molar-refractivity contribution in [3.05, 3.63) is 0 Å². The summed E-state index contributed by atoms with van der Waals surface area (Å²) in [6.45, 7) is 8.70. The number of piperidine rings is 3. The molecular formula is C14H30N4O2S. The lowest BCUT2D eigenvalue weighted by molar-refractivity contribution is 0.0820. The Bertz CT molecular complexity index is 419. The van der Waals surface area contributed by atoms with Gasteiger partial charge in [0.05, 0.1) is 0 Å². The average molecular weight is 318 g/mol. The van der Waals surface area contributed by atoms with Crippen LogP contribution in [0.3, 0.4) is 0 Å². The maximum Gasteiger partial charge on any atom is 0.279 e. The van der Waals surface area contributed by atoms with Crippen LogP contribution in [0, 0.1) is 5.92 Å². The van der Waals surface area contributed by atoms with E-state index in [0.717, 1.165) is 45.4 Å². The monoisotopic (exact) mass is 318 g/mol. The van der Waals surface area contributed by atoms with Crippen molar-refractivity contribution in [2.24, 2.45) is 5.92 Å². The fourth-order valence-electron chi connectivity index (χ4n) is 3.19. The van der Waals surface area contributed by atoms with Crippen molar-refractivity contribution >= 4 is 10.2 Å². The van der Waals surface area contributed by atoms with E-state index in [1.165, 1.54) is 4.31 Å². The Hall–Kier alpha value is -0.210. The minimum atomic E-state index is -3.35. The average Bonchev–Trinajstić information content (AvgIpc) is 2.44. The van der Waals surface area contributed by atoms with Gasteiger partial charge in [-0.3, -0.25) is 0 Å². The first-order valence-electron chi connectivity index (χ1n) is 8.08. The summed E-state index contributed by atoms with van der Waals surface area (Å²) in [6, 6.07) is 0.533. The number of hydrogen-bond acceptors (Lipinski definition) is 4. The fraction of sp³-hybridized carbons (Fsp3) is 1.00. The molecule has 0 radical (unpaired) electrons. The maximum atomic E-state index is 12.4. The molecular weight excluding hydrogens is 288 g/mol. The lowest BCUT2D eigenvalue weighted by Gasteiger charge is -2.45. The standard InChI is InChI=1S/C14H30N4O2S/c1-12(2)15-7-4-8-17(3)21(19,20)16-14-11-18-9-5-13(14)6-10-18/h12-16H,4-11H2,1-3H3. The van der Waals surface area contributed by atoms with Gasteiger partial charge in [0.1, 0.15) is 0 Å². The summed E-state index contributed by atoms with van der Waals surface area (Å²) in [5.74, 6) is 0.515. The van der Waals surface area contributed by atoms with Crippen molar-refractivity contribution in [1.82, 2.24) is 19.2 Å². The van der Waals surface area contributed by atoms with Crippen LogP contribution in [0.25, 0.3) is 0 Å². The van der Waals surface area contributed by atoms with Crippen molar-refractivity contribution < 1.29 is 8.42 Å². The van der Waals surface area contributed by atoms with Crippen molar-refractivity contribution in [3.63, 3.8) is 0 Å². The third kappa shape index (κ3) is 4.89. The molecule has 3 heterocycles. The highest BCUT2D eigenvalue weighted by molar-refractivity contribution is 7.87. The third-order valence-corrected chi connectivity index (χ3v) is 6.17. The summed E-state index contributed by atoms with van der Waals surface area (Å²) >= 11 is 0. The second-order valence-electron chi connectivity index (χ2n) is 6.65. The first-order chi connectivity index (χ1) is 9.88. The van der Waals surface area contributed by atoms with Crippen molar-refractivity contribution in [2.75, 3.05) is 39.8 Å². The Balaban J connectivity index is 1.78. The smallest absolute Gasteiger partial charge is 0.279 e. The van der Waals surface area contributed by atoms with Crippen LogP contribution in [0.2, 0.25) is 0 Å². The summed E-state index contributed by atoms with van der Waals surface area (Å²) in [7, 11) is -1.69. The molecule has 2 bridgehead atoms. The van der Waals surface area contributed by atoms with Gasteiger partial charge in [0.2, 0.25) is 0 Å². The molecule has 0 amide bonds. The van der Waals surface area contributed by atoms with Gasteiger partial charge in [-0.2, -0.15) is 17.4 Å². The highest BCUT2D eigenvalue weighted by Crippen LogP contribution is 2.27. The van der Waals surface area contributed by atoms with E-state index in [1.54, 1.807) is 7.05 Å². The lowest BCUT2D eigenvalue weighted by atomic mass is 9.85. The SMILES string of the molecule is CC(C)NCCCN(C)S(=O)(=O)NC1CN2CCC1CC2. The summed E-state index contributed by atoms with van der Waals surface area (Å²) in [5, 5.41) is 3.31. The minimum Gasteiger partial charge on any atom is -0.314 e. The first kappa shape index (κ1) is 17.1. The predicted octanol–water partition coefficient (Wildman–Crippen LogP) is 0.235. The highest BCUT2D eigenvalue weighted by atomic mass is 32.2. The normalized spacial score (nSPS) is 29.5. The van der Waals surface area contributed by atoms with Crippen LogP contribution < -0.4 is 10.0 Å². The van der Waals surface area contributed by atoms with E-state index in [-0.39, 0.29) is 6.04 Å². The summed E-state index contributed by atoms with van der Waals surface area (Å²) < 4.78 is 29.1. The van der Waals surface area contributed by atoms with Gasteiger partial charge >= 0.3 is 0 Å². The highest BCUT2D eigenvalue weighted by Gasteiger charge is 2.36. The third-order valence-electron chi connectivity index (χ3n) is 4.57. The van der Waals surface area contributed by atoms with E-state index in [0.29, 0.717) is 18.5 Å². The predicted molar refractivity (Wildman–Crippen MR) is 85.4 cm³/mol. The molecule has 0 aliphatic carbocycles. The number of hydrogen-bond donors (Lipinski definition) is 2. The Labute approximate surface area is 129 Å². The summed E-state index contributed by atoms with van der Waals surface area (Å²) in [6.07, 6.45) is 3.07. The van der Waals surface area contributed by atoms with E-state index in [9.17, 15) is 8.42 Å². The van der Waals surface area contributed by atoms with E-state index in [1.807, 2.05) is 0 Å². The zero-order valence-electron chi connectivity index (χ0n) is 13.5. The van der Waals surface area contributed by atoms with E-state index in [4.69, 9.17) is 0 Å².